The number of aromatic nitrogens is 2. The van der Waals surface area contributed by atoms with Crippen molar-refractivity contribution in [2.75, 3.05) is 0 Å². The second-order valence-electron chi connectivity index (χ2n) is 3.57. The fraction of sp³-hybridized carbons (Fsp3) is 0.364. The molecule has 74 valence electrons. The lowest BCUT2D eigenvalue weighted by Gasteiger charge is -2.06. The van der Waals surface area contributed by atoms with Gasteiger partial charge in [-0.2, -0.15) is 0 Å². The van der Waals surface area contributed by atoms with Crippen LogP contribution < -0.4 is 5.73 Å². The lowest BCUT2D eigenvalue weighted by Crippen LogP contribution is -2.05. The van der Waals surface area contributed by atoms with Crippen molar-refractivity contribution in [3.63, 3.8) is 0 Å². The minimum absolute atomic E-state index is 0.0833. The number of hydrogen-bond acceptors (Lipinski definition) is 2. The Bertz CT molecular complexity index is 443. The standard InChI is InChI=1S/C11H15N3/c1-3-11-13-7-10-6-9(8(2)12)4-5-14(10)11/h4-8H,3,12H2,1-2H3. The summed E-state index contributed by atoms with van der Waals surface area (Å²) >= 11 is 0. The van der Waals surface area contributed by atoms with Gasteiger partial charge in [0.2, 0.25) is 0 Å². The summed E-state index contributed by atoms with van der Waals surface area (Å²) in [6, 6.07) is 4.23. The zero-order valence-corrected chi connectivity index (χ0v) is 8.57. The second kappa shape index (κ2) is 3.42. The van der Waals surface area contributed by atoms with Crippen LogP contribution in [0.3, 0.4) is 0 Å². The summed E-state index contributed by atoms with van der Waals surface area (Å²) in [7, 11) is 0. The van der Waals surface area contributed by atoms with Gasteiger partial charge < -0.3 is 10.1 Å². The van der Waals surface area contributed by atoms with Crippen LogP contribution in [0.1, 0.15) is 31.3 Å². The van der Waals surface area contributed by atoms with Crippen LogP contribution in [-0.4, -0.2) is 9.38 Å². The summed E-state index contributed by atoms with van der Waals surface area (Å²) in [6.45, 7) is 4.09. The van der Waals surface area contributed by atoms with Gasteiger partial charge in [-0.1, -0.05) is 6.92 Å². The van der Waals surface area contributed by atoms with Crippen LogP contribution >= 0.6 is 0 Å². The van der Waals surface area contributed by atoms with Crippen molar-refractivity contribution < 1.29 is 0 Å². The third kappa shape index (κ3) is 1.40. The molecule has 2 aromatic heterocycles. The van der Waals surface area contributed by atoms with Crippen LogP contribution in [-0.2, 0) is 6.42 Å². The molecule has 0 saturated carbocycles. The summed E-state index contributed by atoms with van der Waals surface area (Å²) in [5, 5.41) is 0. The van der Waals surface area contributed by atoms with Crippen molar-refractivity contribution in [2.24, 2.45) is 5.73 Å². The van der Waals surface area contributed by atoms with E-state index in [2.05, 4.69) is 28.4 Å². The predicted octanol–water partition coefficient (Wildman–Crippen LogP) is 1.92. The first-order valence-corrected chi connectivity index (χ1v) is 4.94. The van der Waals surface area contributed by atoms with Crippen LogP contribution in [0.15, 0.2) is 24.5 Å². The van der Waals surface area contributed by atoms with E-state index in [4.69, 9.17) is 5.73 Å². The molecule has 0 aliphatic heterocycles. The van der Waals surface area contributed by atoms with Gasteiger partial charge in [-0.15, -0.1) is 0 Å². The molecule has 0 radical (unpaired) electrons. The van der Waals surface area contributed by atoms with Crippen molar-refractivity contribution in [1.82, 2.24) is 9.38 Å². The smallest absolute Gasteiger partial charge is 0.112 e. The van der Waals surface area contributed by atoms with Crippen LogP contribution in [0.4, 0.5) is 0 Å². The highest BCUT2D eigenvalue weighted by molar-refractivity contribution is 5.48. The van der Waals surface area contributed by atoms with Gasteiger partial charge in [0, 0.05) is 18.7 Å². The number of nitrogens with zero attached hydrogens (tertiary/aromatic N) is 2. The molecule has 1 unspecified atom stereocenters. The van der Waals surface area contributed by atoms with E-state index in [9.17, 15) is 0 Å². The number of nitrogens with two attached hydrogens (primary N) is 1. The van der Waals surface area contributed by atoms with Gasteiger partial charge in [0.05, 0.1) is 11.7 Å². The fourth-order valence-corrected chi connectivity index (χ4v) is 1.62. The molecule has 3 heteroatoms. The van der Waals surface area contributed by atoms with E-state index in [-0.39, 0.29) is 6.04 Å². The SMILES string of the molecule is CCc1ncc2cc(C(C)N)ccn12. The molecule has 2 rings (SSSR count). The molecule has 2 aromatic rings. The molecule has 0 bridgehead atoms. The monoisotopic (exact) mass is 189 g/mol. The molecule has 1 atom stereocenters. The zero-order chi connectivity index (χ0) is 10.1. The Balaban J connectivity index is 2.57. The Hall–Kier alpha value is -1.35. The average molecular weight is 189 g/mol. The number of rotatable bonds is 2. The van der Waals surface area contributed by atoms with E-state index in [1.54, 1.807) is 0 Å². The van der Waals surface area contributed by atoms with E-state index >= 15 is 0 Å². The van der Waals surface area contributed by atoms with E-state index < -0.39 is 0 Å². The first kappa shape index (κ1) is 9.21. The molecule has 2 N–H and O–H groups in total. The summed E-state index contributed by atoms with van der Waals surface area (Å²) in [5.41, 5.74) is 8.09. The predicted molar refractivity (Wildman–Crippen MR) is 57.2 cm³/mol. The minimum Gasteiger partial charge on any atom is -0.324 e. The minimum atomic E-state index is 0.0833. The van der Waals surface area contributed by atoms with Gasteiger partial charge in [0.25, 0.3) is 0 Å². The number of hydrogen-bond donors (Lipinski definition) is 1. The molecular weight excluding hydrogens is 174 g/mol. The molecule has 0 fully saturated rings. The van der Waals surface area contributed by atoms with Crippen molar-refractivity contribution in [3.8, 4) is 0 Å². The third-order valence-electron chi connectivity index (χ3n) is 2.47. The third-order valence-corrected chi connectivity index (χ3v) is 2.47. The Morgan fingerprint density at radius 1 is 1.57 bits per heavy atom. The van der Waals surface area contributed by atoms with Crippen molar-refractivity contribution >= 4 is 5.52 Å². The van der Waals surface area contributed by atoms with Gasteiger partial charge >= 0.3 is 0 Å². The van der Waals surface area contributed by atoms with Crippen molar-refractivity contribution in [2.45, 2.75) is 26.3 Å². The molecule has 0 amide bonds. The van der Waals surface area contributed by atoms with Gasteiger partial charge in [-0.25, -0.2) is 4.98 Å². The Morgan fingerprint density at radius 2 is 2.36 bits per heavy atom. The van der Waals surface area contributed by atoms with Crippen LogP contribution in [0.5, 0.6) is 0 Å². The molecule has 0 aliphatic rings. The van der Waals surface area contributed by atoms with E-state index in [1.807, 2.05) is 19.3 Å². The number of pyridine rings is 1. The Labute approximate surface area is 83.6 Å². The first-order valence-electron chi connectivity index (χ1n) is 4.94. The highest BCUT2D eigenvalue weighted by Gasteiger charge is 2.04. The molecular formula is C11H15N3. The van der Waals surface area contributed by atoms with Crippen LogP contribution in [0.2, 0.25) is 0 Å². The summed E-state index contributed by atoms with van der Waals surface area (Å²) in [4.78, 5) is 4.34. The summed E-state index contributed by atoms with van der Waals surface area (Å²) in [5.74, 6) is 1.09. The van der Waals surface area contributed by atoms with Crippen LogP contribution in [0.25, 0.3) is 5.52 Å². The van der Waals surface area contributed by atoms with E-state index in [0.717, 1.165) is 23.3 Å². The lowest BCUT2D eigenvalue weighted by atomic mass is 10.1. The second-order valence-corrected chi connectivity index (χ2v) is 3.57. The van der Waals surface area contributed by atoms with Crippen LogP contribution in [0, 0.1) is 0 Å². The molecule has 0 aromatic carbocycles. The molecule has 3 nitrogen and oxygen atoms in total. The van der Waals surface area contributed by atoms with Gasteiger partial charge in [0.15, 0.2) is 0 Å². The number of imidazole rings is 1. The Morgan fingerprint density at radius 3 is 3.00 bits per heavy atom. The van der Waals surface area contributed by atoms with Gasteiger partial charge in [-0.3, -0.25) is 0 Å². The zero-order valence-electron chi connectivity index (χ0n) is 8.57. The normalized spacial score (nSPS) is 13.4. The molecule has 2 heterocycles. The first-order chi connectivity index (χ1) is 6.72. The topological polar surface area (TPSA) is 43.3 Å². The Kier molecular flexibility index (Phi) is 2.25. The summed E-state index contributed by atoms with van der Waals surface area (Å²) in [6.07, 6.45) is 4.89. The largest absolute Gasteiger partial charge is 0.324 e. The molecule has 0 saturated heterocycles. The van der Waals surface area contributed by atoms with E-state index in [0.29, 0.717) is 0 Å². The number of aryl methyl sites for hydroxylation is 1. The fourth-order valence-electron chi connectivity index (χ4n) is 1.62. The highest BCUT2D eigenvalue weighted by Crippen LogP contribution is 2.14. The molecule has 0 aliphatic carbocycles. The number of fused-ring (bicyclic) bond motifs is 1. The average Bonchev–Trinajstić information content (AvgIpc) is 2.59. The molecule has 14 heavy (non-hydrogen) atoms. The maximum absolute atomic E-state index is 5.81. The van der Waals surface area contributed by atoms with Gasteiger partial charge in [0.1, 0.15) is 5.82 Å². The van der Waals surface area contributed by atoms with Crippen molar-refractivity contribution in [3.05, 3.63) is 35.9 Å². The lowest BCUT2D eigenvalue weighted by molar-refractivity contribution is 0.814. The van der Waals surface area contributed by atoms with Gasteiger partial charge in [-0.05, 0) is 24.6 Å². The van der Waals surface area contributed by atoms with Crippen molar-refractivity contribution in [1.29, 1.82) is 0 Å². The molecule has 0 spiro atoms. The maximum Gasteiger partial charge on any atom is 0.112 e. The maximum atomic E-state index is 5.81. The quantitative estimate of drug-likeness (QED) is 0.784. The van der Waals surface area contributed by atoms with E-state index in [1.165, 1.54) is 0 Å². The summed E-state index contributed by atoms with van der Waals surface area (Å²) < 4.78 is 2.10. The highest BCUT2D eigenvalue weighted by atomic mass is 15.0.